The van der Waals surface area contributed by atoms with Crippen LogP contribution in [0.25, 0.3) is 5.69 Å². The van der Waals surface area contributed by atoms with Gasteiger partial charge in [0.1, 0.15) is 6.04 Å². The summed E-state index contributed by atoms with van der Waals surface area (Å²) in [5, 5.41) is 10.4. The van der Waals surface area contributed by atoms with Gasteiger partial charge in [-0.25, -0.2) is 14.6 Å². The molecule has 1 atom stereocenters. The molecule has 3 aliphatic heterocycles. The van der Waals surface area contributed by atoms with Gasteiger partial charge in [0.25, 0.3) is 11.8 Å². The number of rotatable bonds is 4. The molecular weight excluding hydrogens is 466 g/mol. The number of nitrogens with two attached hydrogens (primary N) is 1. The van der Waals surface area contributed by atoms with Crippen molar-refractivity contribution in [2.75, 3.05) is 18.8 Å². The van der Waals surface area contributed by atoms with Gasteiger partial charge in [0.05, 0.1) is 17.6 Å². The number of carbonyl (C=O) groups excluding carboxylic acids is 4. The van der Waals surface area contributed by atoms with Crippen molar-refractivity contribution in [1.82, 2.24) is 40.1 Å². The Balaban J connectivity index is 1.15. The van der Waals surface area contributed by atoms with Crippen LogP contribution in [0.15, 0.2) is 36.7 Å². The maximum atomic E-state index is 13.1. The average Bonchev–Trinajstić information content (AvgIpc) is 3.43. The van der Waals surface area contributed by atoms with Gasteiger partial charge in [-0.05, 0) is 30.2 Å². The maximum Gasteiger partial charge on any atom is 0.276 e. The van der Waals surface area contributed by atoms with Crippen LogP contribution in [0.5, 0.6) is 0 Å². The van der Waals surface area contributed by atoms with Crippen LogP contribution >= 0.6 is 0 Å². The molecule has 36 heavy (non-hydrogen) atoms. The monoisotopic (exact) mass is 487 g/mol. The minimum Gasteiger partial charge on any atom is -0.368 e. The van der Waals surface area contributed by atoms with Crippen LogP contribution in [0.1, 0.15) is 50.9 Å². The standard InChI is InChI=1S/C23H21N9O4/c24-23-25-6-5-16(26-23)13-8-30(9-13)22(36)17-11-32(29-28-17)14-2-1-12-10-31(21(35)15(12)7-14)18-3-4-19(33)27-20(18)34/h1-2,5-7,11,13,18H,3-4,8-10H2,(H2,24,25,26)(H,27,33,34). The van der Waals surface area contributed by atoms with E-state index < -0.39 is 11.9 Å². The van der Waals surface area contributed by atoms with Crippen LogP contribution in [0.4, 0.5) is 5.95 Å². The Hall–Kier alpha value is -4.68. The number of amides is 4. The molecule has 1 unspecified atom stereocenters. The van der Waals surface area contributed by atoms with E-state index in [-0.39, 0.29) is 48.2 Å². The number of hydrogen-bond donors (Lipinski definition) is 2. The zero-order chi connectivity index (χ0) is 25.0. The zero-order valence-electron chi connectivity index (χ0n) is 19.0. The number of likely N-dealkylation sites (tertiary alicyclic amines) is 1. The van der Waals surface area contributed by atoms with Crippen molar-refractivity contribution >= 4 is 29.6 Å². The summed E-state index contributed by atoms with van der Waals surface area (Å²) in [7, 11) is 0. The molecule has 0 radical (unpaired) electrons. The predicted octanol–water partition coefficient (Wildman–Crippen LogP) is -0.360. The average molecular weight is 487 g/mol. The topological polar surface area (TPSA) is 169 Å². The molecule has 13 nitrogen and oxygen atoms in total. The number of fused-ring (bicyclic) bond motifs is 1. The first kappa shape index (κ1) is 21.8. The summed E-state index contributed by atoms with van der Waals surface area (Å²) in [5.41, 5.74) is 8.42. The van der Waals surface area contributed by atoms with Gasteiger partial charge in [-0.1, -0.05) is 11.3 Å². The van der Waals surface area contributed by atoms with Gasteiger partial charge in [0.2, 0.25) is 17.8 Å². The second kappa shape index (κ2) is 8.22. The fourth-order valence-corrected chi connectivity index (χ4v) is 4.78. The minimum absolute atomic E-state index is 0.0873. The number of nitrogen functional groups attached to an aromatic ring is 1. The molecule has 6 rings (SSSR count). The fourth-order valence-electron chi connectivity index (χ4n) is 4.78. The van der Waals surface area contributed by atoms with E-state index in [0.717, 1.165) is 11.3 Å². The van der Waals surface area contributed by atoms with E-state index in [9.17, 15) is 19.2 Å². The van der Waals surface area contributed by atoms with E-state index in [1.54, 1.807) is 35.4 Å². The number of hydrogen-bond acceptors (Lipinski definition) is 9. The molecule has 3 aromatic rings. The highest BCUT2D eigenvalue weighted by atomic mass is 16.2. The van der Waals surface area contributed by atoms with Crippen LogP contribution in [0, 0.1) is 0 Å². The zero-order valence-corrected chi connectivity index (χ0v) is 19.0. The normalized spacial score (nSPS) is 19.8. The van der Waals surface area contributed by atoms with Crippen LogP contribution in [-0.2, 0) is 16.1 Å². The number of nitrogens with zero attached hydrogens (tertiary/aromatic N) is 7. The van der Waals surface area contributed by atoms with E-state index >= 15 is 0 Å². The number of imide groups is 1. The summed E-state index contributed by atoms with van der Waals surface area (Å²) in [6.07, 6.45) is 3.62. The van der Waals surface area contributed by atoms with Crippen LogP contribution < -0.4 is 11.1 Å². The van der Waals surface area contributed by atoms with E-state index in [0.29, 0.717) is 30.8 Å². The van der Waals surface area contributed by atoms with Gasteiger partial charge in [-0.2, -0.15) is 0 Å². The quantitative estimate of drug-likeness (QED) is 0.467. The molecule has 3 N–H and O–H groups in total. The third-order valence-corrected chi connectivity index (χ3v) is 6.77. The van der Waals surface area contributed by atoms with E-state index in [4.69, 9.17) is 5.73 Å². The van der Waals surface area contributed by atoms with Crippen LogP contribution in [0.3, 0.4) is 0 Å². The Morgan fingerprint density at radius 3 is 2.75 bits per heavy atom. The molecule has 0 spiro atoms. The number of anilines is 1. The summed E-state index contributed by atoms with van der Waals surface area (Å²) in [4.78, 5) is 60.9. The highest BCUT2D eigenvalue weighted by Gasteiger charge is 2.39. The summed E-state index contributed by atoms with van der Waals surface area (Å²) in [6.45, 7) is 1.27. The molecule has 2 aromatic heterocycles. The third-order valence-electron chi connectivity index (χ3n) is 6.77. The summed E-state index contributed by atoms with van der Waals surface area (Å²) in [5.74, 6) is -1.02. The lowest BCUT2D eigenvalue weighted by Gasteiger charge is -2.38. The molecule has 1 aromatic carbocycles. The second-order valence-corrected chi connectivity index (χ2v) is 9.04. The summed E-state index contributed by atoms with van der Waals surface area (Å²) < 4.78 is 1.44. The van der Waals surface area contributed by atoms with E-state index in [2.05, 4.69) is 25.6 Å². The minimum atomic E-state index is -0.680. The number of piperidine rings is 1. The fraction of sp³-hybridized carbons (Fsp3) is 0.304. The second-order valence-electron chi connectivity index (χ2n) is 9.04. The molecule has 182 valence electrons. The number of nitrogens with one attached hydrogen (secondary N) is 1. The lowest BCUT2D eigenvalue weighted by Crippen LogP contribution is -2.52. The number of benzene rings is 1. The first-order valence-corrected chi connectivity index (χ1v) is 11.5. The molecule has 3 aliphatic rings. The van der Waals surface area contributed by atoms with Gasteiger partial charge < -0.3 is 15.5 Å². The smallest absolute Gasteiger partial charge is 0.276 e. The Kier molecular flexibility index (Phi) is 4.98. The van der Waals surface area contributed by atoms with Crippen LogP contribution in [0.2, 0.25) is 0 Å². The molecule has 13 heteroatoms. The van der Waals surface area contributed by atoms with Gasteiger partial charge in [0, 0.05) is 43.7 Å². The third kappa shape index (κ3) is 3.65. The SMILES string of the molecule is Nc1nccc(C2CN(C(=O)c3cn(-c4ccc5c(c4)C(=O)N(C4CCC(=O)NC4=O)C5)nn3)C2)n1. The van der Waals surface area contributed by atoms with Crippen molar-refractivity contribution in [2.24, 2.45) is 0 Å². The predicted molar refractivity (Wildman–Crippen MR) is 122 cm³/mol. The summed E-state index contributed by atoms with van der Waals surface area (Å²) >= 11 is 0. The first-order chi connectivity index (χ1) is 17.4. The van der Waals surface area contributed by atoms with E-state index in [1.165, 1.54) is 15.8 Å². The first-order valence-electron chi connectivity index (χ1n) is 11.5. The highest BCUT2D eigenvalue weighted by molar-refractivity contribution is 6.05. The highest BCUT2D eigenvalue weighted by Crippen LogP contribution is 2.30. The van der Waals surface area contributed by atoms with Crippen molar-refractivity contribution in [2.45, 2.75) is 31.3 Å². The number of carbonyl (C=O) groups is 4. The van der Waals surface area contributed by atoms with Crippen molar-refractivity contribution in [3.05, 3.63) is 59.2 Å². The lowest BCUT2D eigenvalue weighted by atomic mass is 9.96. The largest absolute Gasteiger partial charge is 0.368 e. The molecule has 2 saturated heterocycles. The van der Waals surface area contributed by atoms with Crippen molar-refractivity contribution < 1.29 is 19.2 Å². The number of aromatic nitrogens is 5. The summed E-state index contributed by atoms with van der Waals surface area (Å²) in [6, 6.07) is 6.36. The molecule has 2 fully saturated rings. The molecule has 0 saturated carbocycles. The molecule has 5 heterocycles. The Morgan fingerprint density at radius 2 is 1.97 bits per heavy atom. The van der Waals surface area contributed by atoms with Crippen LogP contribution in [-0.4, -0.2) is 77.5 Å². The molecule has 4 amide bonds. The van der Waals surface area contributed by atoms with Gasteiger partial charge in [-0.15, -0.1) is 5.10 Å². The molecular formula is C23H21N9O4. The Morgan fingerprint density at radius 1 is 1.14 bits per heavy atom. The van der Waals surface area contributed by atoms with Crippen molar-refractivity contribution in [1.29, 1.82) is 0 Å². The van der Waals surface area contributed by atoms with E-state index in [1.807, 2.05) is 0 Å². The molecule has 0 aliphatic carbocycles. The van der Waals surface area contributed by atoms with Gasteiger partial charge >= 0.3 is 0 Å². The van der Waals surface area contributed by atoms with Gasteiger partial charge in [-0.3, -0.25) is 24.5 Å². The van der Waals surface area contributed by atoms with Crippen molar-refractivity contribution in [3.63, 3.8) is 0 Å². The Bertz CT molecular complexity index is 1430. The maximum absolute atomic E-state index is 13.1. The van der Waals surface area contributed by atoms with Crippen molar-refractivity contribution in [3.8, 4) is 5.69 Å². The Labute approximate surface area is 204 Å². The van der Waals surface area contributed by atoms with Gasteiger partial charge in [0.15, 0.2) is 5.69 Å². The lowest BCUT2D eigenvalue weighted by molar-refractivity contribution is -0.136. The molecule has 0 bridgehead atoms.